The number of fused-ring (bicyclic) bond motifs is 1. The summed E-state index contributed by atoms with van der Waals surface area (Å²) in [5, 5.41) is 0. The van der Waals surface area contributed by atoms with E-state index in [1.54, 1.807) is 18.2 Å². The third kappa shape index (κ3) is 1.74. The minimum absolute atomic E-state index is 0.0250. The fraction of sp³-hybridized carbons (Fsp3) is 0.500. The minimum atomic E-state index is -0.219. The molecule has 2 aliphatic rings. The van der Waals surface area contributed by atoms with Crippen molar-refractivity contribution in [1.82, 2.24) is 4.90 Å². The molecule has 106 valence electrons. The molecule has 0 spiro atoms. The molecule has 2 amide bonds. The van der Waals surface area contributed by atoms with E-state index in [0.717, 1.165) is 25.7 Å². The van der Waals surface area contributed by atoms with Crippen LogP contribution in [0, 0.1) is 5.41 Å². The zero-order valence-corrected chi connectivity index (χ0v) is 12.0. The average Bonchev–Trinajstić information content (AvgIpc) is 2.63. The molecule has 1 atom stereocenters. The largest absolute Gasteiger partial charge is 0.398 e. The van der Waals surface area contributed by atoms with E-state index in [0.29, 0.717) is 16.8 Å². The van der Waals surface area contributed by atoms with Gasteiger partial charge in [-0.1, -0.05) is 32.8 Å². The van der Waals surface area contributed by atoms with E-state index in [9.17, 15) is 9.59 Å². The van der Waals surface area contributed by atoms with Crippen molar-refractivity contribution in [3.63, 3.8) is 0 Å². The van der Waals surface area contributed by atoms with Crippen LogP contribution in [0.3, 0.4) is 0 Å². The van der Waals surface area contributed by atoms with Crippen LogP contribution in [0.5, 0.6) is 0 Å². The molecule has 1 fully saturated rings. The van der Waals surface area contributed by atoms with Gasteiger partial charge in [0.05, 0.1) is 11.1 Å². The second-order valence-corrected chi connectivity index (χ2v) is 6.50. The van der Waals surface area contributed by atoms with Gasteiger partial charge < -0.3 is 5.73 Å². The standard InChI is InChI=1S/C16H20N2O2/c1-16(2)9-4-3-8-12(16)18-14(19)10-6-5-7-11(17)13(10)15(18)20/h5-7,12H,3-4,8-9,17H2,1-2H3. The van der Waals surface area contributed by atoms with Crippen LogP contribution in [0.15, 0.2) is 18.2 Å². The Hall–Kier alpha value is -1.84. The van der Waals surface area contributed by atoms with E-state index in [4.69, 9.17) is 5.73 Å². The predicted octanol–water partition coefficient (Wildman–Crippen LogP) is 2.83. The molecule has 1 unspecified atom stereocenters. The molecule has 1 heterocycles. The number of rotatable bonds is 1. The van der Waals surface area contributed by atoms with Crippen molar-refractivity contribution in [2.75, 3.05) is 5.73 Å². The fourth-order valence-corrected chi connectivity index (χ4v) is 3.57. The molecule has 0 bridgehead atoms. The summed E-state index contributed by atoms with van der Waals surface area (Å²) in [6, 6.07) is 5.08. The van der Waals surface area contributed by atoms with Crippen LogP contribution in [-0.2, 0) is 0 Å². The van der Waals surface area contributed by atoms with Crippen LogP contribution in [-0.4, -0.2) is 22.8 Å². The number of hydrogen-bond donors (Lipinski definition) is 1. The Morgan fingerprint density at radius 3 is 2.60 bits per heavy atom. The fourth-order valence-electron chi connectivity index (χ4n) is 3.57. The average molecular weight is 272 g/mol. The lowest BCUT2D eigenvalue weighted by Gasteiger charge is -2.42. The maximum Gasteiger partial charge on any atom is 0.263 e. The molecular formula is C16H20N2O2. The monoisotopic (exact) mass is 272 g/mol. The Morgan fingerprint density at radius 2 is 1.95 bits per heavy atom. The van der Waals surface area contributed by atoms with Crippen LogP contribution in [0.2, 0.25) is 0 Å². The summed E-state index contributed by atoms with van der Waals surface area (Å²) in [6.45, 7) is 4.29. The van der Waals surface area contributed by atoms with Gasteiger partial charge in [-0.05, 0) is 30.4 Å². The quantitative estimate of drug-likeness (QED) is 0.631. The van der Waals surface area contributed by atoms with Crippen molar-refractivity contribution in [1.29, 1.82) is 0 Å². The first-order valence-corrected chi connectivity index (χ1v) is 7.20. The van der Waals surface area contributed by atoms with Crippen molar-refractivity contribution < 1.29 is 9.59 Å². The Morgan fingerprint density at radius 1 is 1.20 bits per heavy atom. The molecule has 4 heteroatoms. The van der Waals surface area contributed by atoms with Gasteiger partial charge in [-0.3, -0.25) is 14.5 Å². The summed E-state index contributed by atoms with van der Waals surface area (Å²) in [5.74, 6) is -0.402. The van der Waals surface area contributed by atoms with Gasteiger partial charge in [-0.25, -0.2) is 0 Å². The van der Waals surface area contributed by atoms with E-state index >= 15 is 0 Å². The SMILES string of the molecule is CC1(C)CCCCC1N1C(=O)c2cccc(N)c2C1=O. The van der Waals surface area contributed by atoms with Crippen molar-refractivity contribution >= 4 is 17.5 Å². The van der Waals surface area contributed by atoms with Gasteiger partial charge in [0.2, 0.25) is 0 Å². The summed E-state index contributed by atoms with van der Waals surface area (Å²) >= 11 is 0. The first-order valence-electron chi connectivity index (χ1n) is 7.20. The number of carbonyl (C=O) groups excluding carboxylic acids is 2. The number of carbonyl (C=O) groups is 2. The van der Waals surface area contributed by atoms with Gasteiger partial charge in [0.15, 0.2) is 0 Å². The van der Waals surface area contributed by atoms with Gasteiger partial charge in [-0.15, -0.1) is 0 Å². The summed E-state index contributed by atoms with van der Waals surface area (Å²) < 4.78 is 0. The zero-order valence-electron chi connectivity index (χ0n) is 12.0. The molecule has 0 saturated heterocycles. The number of nitrogen functional groups attached to an aromatic ring is 1. The second kappa shape index (κ2) is 4.33. The lowest BCUT2D eigenvalue weighted by Crippen LogP contribution is -2.49. The molecule has 1 aromatic carbocycles. The molecule has 0 radical (unpaired) electrons. The number of benzene rings is 1. The smallest absolute Gasteiger partial charge is 0.263 e. The molecule has 2 N–H and O–H groups in total. The van der Waals surface area contributed by atoms with E-state index in [1.807, 2.05) is 0 Å². The van der Waals surface area contributed by atoms with E-state index < -0.39 is 0 Å². The first-order chi connectivity index (χ1) is 9.43. The minimum Gasteiger partial charge on any atom is -0.398 e. The lowest BCUT2D eigenvalue weighted by molar-refractivity contribution is 0.0330. The van der Waals surface area contributed by atoms with Gasteiger partial charge in [0.25, 0.3) is 11.8 Å². The van der Waals surface area contributed by atoms with Crippen molar-refractivity contribution in [2.24, 2.45) is 5.41 Å². The number of imide groups is 1. The maximum atomic E-state index is 12.6. The Bertz CT molecular complexity index is 592. The number of hydrogen-bond acceptors (Lipinski definition) is 3. The molecule has 0 aromatic heterocycles. The first kappa shape index (κ1) is 13.2. The third-order valence-electron chi connectivity index (χ3n) is 4.74. The molecule has 4 nitrogen and oxygen atoms in total. The number of nitrogens with zero attached hydrogens (tertiary/aromatic N) is 1. The van der Waals surface area contributed by atoms with Crippen molar-refractivity contribution in [3.05, 3.63) is 29.3 Å². The molecular weight excluding hydrogens is 252 g/mol. The van der Waals surface area contributed by atoms with E-state index in [1.165, 1.54) is 4.90 Å². The Labute approximate surface area is 118 Å². The van der Waals surface area contributed by atoms with Crippen LogP contribution in [0.25, 0.3) is 0 Å². The highest BCUT2D eigenvalue weighted by atomic mass is 16.2. The lowest BCUT2D eigenvalue weighted by atomic mass is 9.72. The van der Waals surface area contributed by atoms with E-state index in [-0.39, 0.29) is 23.3 Å². The van der Waals surface area contributed by atoms with Gasteiger partial charge in [-0.2, -0.15) is 0 Å². The van der Waals surface area contributed by atoms with Gasteiger partial charge in [0.1, 0.15) is 0 Å². The zero-order chi connectivity index (χ0) is 14.5. The summed E-state index contributed by atoms with van der Waals surface area (Å²) in [4.78, 5) is 26.7. The second-order valence-electron chi connectivity index (χ2n) is 6.50. The molecule has 1 saturated carbocycles. The topological polar surface area (TPSA) is 63.4 Å². The summed E-state index contributed by atoms with van der Waals surface area (Å²) in [7, 11) is 0. The number of amides is 2. The third-order valence-corrected chi connectivity index (χ3v) is 4.74. The van der Waals surface area contributed by atoms with Crippen molar-refractivity contribution in [3.8, 4) is 0 Å². The number of anilines is 1. The Balaban J connectivity index is 2.04. The highest BCUT2D eigenvalue weighted by Gasteiger charge is 2.46. The van der Waals surface area contributed by atoms with E-state index in [2.05, 4.69) is 13.8 Å². The van der Waals surface area contributed by atoms with Crippen LogP contribution >= 0.6 is 0 Å². The van der Waals surface area contributed by atoms with Gasteiger partial charge >= 0.3 is 0 Å². The predicted molar refractivity (Wildman–Crippen MR) is 77.4 cm³/mol. The van der Waals surface area contributed by atoms with Crippen LogP contribution in [0.1, 0.15) is 60.2 Å². The summed E-state index contributed by atoms with van der Waals surface area (Å²) in [5.41, 5.74) is 7.10. The molecule has 1 aliphatic carbocycles. The van der Waals surface area contributed by atoms with Crippen molar-refractivity contribution in [2.45, 2.75) is 45.6 Å². The highest BCUT2D eigenvalue weighted by Crippen LogP contribution is 2.42. The molecule has 1 aromatic rings. The molecule has 1 aliphatic heterocycles. The Kier molecular flexibility index (Phi) is 2.85. The summed E-state index contributed by atoms with van der Waals surface area (Å²) in [6.07, 6.45) is 4.16. The van der Waals surface area contributed by atoms with Crippen LogP contribution < -0.4 is 5.73 Å². The van der Waals surface area contributed by atoms with Gasteiger partial charge in [0, 0.05) is 11.7 Å². The normalized spacial score (nSPS) is 24.9. The molecule has 20 heavy (non-hydrogen) atoms. The molecule has 3 rings (SSSR count). The maximum absolute atomic E-state index is 12.6. The highest BCUT2D eigenvalue weighted by molar-refractivity contribution is 6.23. The van der Waals surface area contributed by atoms with Crippen LogP contribution in [0.4, 0.5) is 5.69 Å². The number of nitrogens with two attached hydrogens (primary N) is 1.